The van der Waals surface area contributed by atoms with Gasteiger partial charge in [0.15, 0.2) is 11.6 Å². The van der Waals surface area contributed by atoms with Gasteiger partial charge in [-0.05, 0) is 18.1 Å². The first-order valence-electron chi connectivity index (χ1n) is 5.77. The first-order valence-corrected chi connectivity index (χ1v) is 7.49. The summed E-state index contributed by atoms with van der Waals surface area (Å²) in [5.74, 6) is -2.22. The van der Waals surface area contributed by atoms with Crippen molar-refractivity contribution in [2.24, 2.45) is 17.0 Å². The quantitative estimate of drug-likeness (QED) is 0.871. The van der Waals surface area contributed by atoms with Gasteiger partial charge >= 0.3 is 0 Å². The van der Waals surface area contributed by atoms with E-state index in [1.807, 2.05) is 0 Å². The van der Waals surface area contributed by atoms with Gasteiger partial charge in [-0.15, -0.1) is 0 Å². The molecule has 7 heteroatoms. The molecule has 0 heterocycles. The molecule has 0 radical (unpaired) electrons. The van der Waals surface area contributed by atoms with Gasteiger partial charge in [0.2, 0.25) is 10.0 Å². The van der Waals surface area contributed by atoms with Crippen LogP contribution in [0.2, 0.25) is 0 Å². The van der Waals surface area contributed by atoms with Crippen LogP contribution in [0.5, 0.6) is 5.75 Å². The van der Waals surface area contributed by atoms with Gasteiger partial charge in [-0.1, -0.05) is 13.8 Å². The Morgan fingerprint density at radius 1 is 1.32 bits per heavy atom. The molecule has 2 N–H and O–H groups in total. The third-order valence-corrected chi connectivity index (χ3v) is 3.63. The van der Waals surface area contributed by atoms with Crippen LogP contribution in [0.4, 0.5) is 8.78 Å². The van der Waals surface area contributed by atoms with Crippen LogP contribution >= 0.6 is 0 Å². The van der Waals surface area contributed by atoms with Crippen molar-refractivity contribution < 1.29 is 21.9 Å². The molecule has 1 aromatic carbocycles. The van der Waals surface area contributed by atoms with Crippen molar-refractivity contribution in [2.75, 3.05) is 12.4 Å². The molecular weight excluding hydrogens is 276 g/mol. The van der Waals surface area contributed by atoms with E-state index in [0.717, 1.165) is 18.2 Å². The molecule has 19 heavy (non-hydrogen) atoms. The second-order valence-corrected chi connectivity index (χ2v) is 6.38. The number of halogens is 2. The predicted octanol–water partition coefficient (Wildman–Crippen LogP) is 1.90. The summed E-state index contributed by atoms with van der Waals surface area (Å²) >= 11 is 0. The minimum Gasteiger partial charge on any atom is -0.490 e. The van der Waals surface area contributed by atoms with E-state index in [1.165, 1.54) is 0 Å². The number of primary sulfonamides is 1. The molecule has 108 valence electrons. The fraction of sp³-hybridized carbons (Fsp3) is 0.500. The van der Waals surface area contributed by atoms with E-state index in [-0.39, 0.29) is 24.0 Å². The summed E-state index contributed by atoms with van der Waals surface area (Å²) < 4.78 is 53.5. The number of sulfonamides is 1. The number of benzene rings is 1. The van der Waals surface area contributed by atoms with Gasteiger partial charge in [0.1, 0.15) is 5.82 Å². The average Bonchev–Trinajstić information content (AvgIpc) is 2.26. The zero-order chi connectivity index (χ0) is 14.6. The summed E-state index contributed by atoms with van der Waals surface area (Å²) in [6.07, 6.45) is 0. The fourth-order valence-electron chi connectivity index (χ4n) is 1.52. The molecule has 0 spiro atoms. The highest BCUT2D eigenvalue weighted by molar-refractivity contribution is 7.89. The standard InChI is InChI=1S/C12H17F2NO3S/c1-8(2)9(7-19(15,16)17)6-18-12-5-10(13)3-4-11(12)14/h3-5,8-9H,6-7H2,1-2H3,(H2,15,16,17). The van der Waals surface area contributed by atoms with E-state index < -0.39 is 27.6 Å². The van der Waals surface area contributed by atoms with Crippen LogP contribution in [0.15, 0.2) is 18.2 Å². The lowest BCUT2D eigenvalue weighted by molar-refractivity contribution is 0.216. The molecule has 0 bridgehead atoms. The van der Waals surface area contributed by atoms with Crippen LogP contribution in [0.25, 0.3) is 0 Å². The molecule has 0 aliphatic rings. The molecule has 0 amide bonds. The molecule has 0 saturated carbocycles. The molecular formula is C12H17F2NO3S. The molecule has 1 unspecified atom stereocenters. The van der Waals surface area contributed by atoms with Crippen LogP contribution < -0.4 is 9.88 Å². The van der Waals surface area contributed by atoms with Gasteiger partial charge in [0.25, 0.3) is 0 Å². The zero-order valence-corrected chi connectivity index (χ0v) is 11.6. The van der Waals surface area contributed by atoms with Crippen molar-refractivity contribution >= 4 is 10.0 Å². The smallest absolute Gasteiger partial charge is 0.209 e. The molecule has 0 fully saturated rings. The maximum absolute atomic E-state index is 13.3. The monoisotopic (exact) mass is 293 g/mol. The molecule has 1 aromatic rings. The Balaban J connectivity index is 2.74. The Kier molecular flexibility index (Phi) is 5.25. The van der Waals surface area contributed by atoms with Crippen molar-refractivity contribution in [3.63, 3.8) is 0 Å². The third-order valence-electron chi connectivity index (χ3n) is 2.74. The van der Waals surface area contributed by atoms with Gasteiger partial charge in [-0.3, -0.25) is 0 Å². The Bertz CT molecular complexity index is 532. The summed E-state index contributed by atoms with van der Waals surface area (Å²) in [5, 5.41) is 4.98. The van der Waals surface area contributed by atoms with E-state index in [2.05, 4.69) is 0 Å². The van der Waals surface area contributed by atoms with Crippen LogP contribution in [0.3, 0.4) is 0 Å². The van der Waals surface area contributed by atoms with Gasteiger partial charge in [-0.2, -0.15) is 0 Å². The Morgan fingerprint density at radius 3 is 2.47 bits per heavy atom. The van der Waals surface area contributed by atoms with Crippen LogP contribution in [-0.4, -0.2) is 20.8 Å². The van der Waals surface area contributed by atoms with Gasteiger partial charge in [-0.25, -0.2) is 22.3 Å². The van der Waals surface area contributed by atoms with E-state index in [9.17, 15) is 17.2 Å². The molecule has 0 aliphatic carbocycles. The lowest BCUT2D eigenvalue weighted by Crippen LogP contribution is -2.30. The number of rotatable bonds is 6. The van der Waals surface area contributed by atoms with Gasteiger partial charge in [0, 0.05) is 12.0 Å². The second-order valence-electron chi connectivity index (χ2n) is 4.72. The summed E-state index contributed by atoms with van der Waals surface area (Å²) in [6.45, 7) is 3.57. The second kappa shape index (κ2) is 6.29. The largest absolute Gasteiger partial charge is 0.490 e. The normalized spacial score (nSPS) is 13.6. The maximum atomic E-state index is 13.3. The highest BCUT2D eigenvalue weighted by Gasteiger charge is 2.21. The number of ether oxygens (including phenoxy) is 1. The molecule has 0 saturated heterocycles. The molecule has 1 rings (SSSR count). The lowest BCUT2D eigenvalue weighted by Gasteiger charge is -2.20. The average molecular weight is 293 g/mol. The van der Waals surface area contributed by atoms with E-state index in [0.29, 0.717) is 0 Å². The molecule has 0 aromatic heterocycles. The van der Waals surface area contributed by atoms with Crippen molar-refractivity contribution in [1.29, 1.82) is 0 Å². The summed E-state index contributed by atoms with van der Waals surface area (Å²) in [6, 6.07) is 2.85. The summed E-state index contributed by atoms with van der Waals surface area (Å²) in [5.41, 5.74) is 0. The van der Waals surface area contributed by atoms with Crippen LogP contribution in [0.1, 0.15) is 13.8 Å². The highest BCUT2D eigenvalue weighted by Crippen LogP contribution is 2.21. The van der Waals surface area contributed by atoms with Crippen LogP contribution in [-0.2, 0) is 10.0 Å². The number of hydrogen-bond donors (Lipinski definition) is 1. The first kappa shape index (κ1) is 15.8. The lowest BCUT2D eigenvalue weighted by atomic mass is 9.99. The number of nitrogens with two attached hydrogens (primary N) is 1. The minimum atomic E-state index is -3.64. The Morgan fingerprint density at radius 2 is 1.95 bits per heavy atom. The summed E-state index contributed by atoms with van der Waals surface area (Å²) in [4.78, 5) is 0. The van der Waals surface area contributed by atoms with Crippen molar-refractivity contribution in [3.8, 4) is 5.75 Å². The SMILES string of the molecule is CC(C)C(COc1cc(F)ccc1F)CS(N)(=O)=O. The minimum absolute atomic E-state index is 0.0186. The van der Waals surface area contributed by atoms with Crippen LogP contribution in [0, 0.1) is 23.5 Å². The number of hydrogen-bond acceptors (Lipinski definition) is 3. The van der Waals surface area contributed by atoms with E-state index in [4.69, 9.17) is 9.88 Å². The molecule has 1 atom stereocenters. The first-order chi connectivity index (χ1) is 8.69. The van der Waals surface area contributed by atoms with Crippen molar-refractivity contribution in [2.45, 2.75) is 13.8 Å². The topological polar surface area (TPSA) is 69.4 Å². The fourth-order valence-corrected chi connectivity index (χ4v) is 2.59. The van der Waals surface area contributed by atoms with Crippen molar-refractivity contribution in [1.82, 2.24) is 0 Å². The molecule has 4 nitrogen and oxygen atoms in total. The van der Waals surface area contributed by atoms with Crippen molar-refractivity contribution in [3.05, 3.63) is 29.8 Å². The Labute approximate surface area is 111 Å². The highest BCUT2D eigenvalue weighted by atomic mass is 32.2. The third kappa shape index (κ3) is 5.52. The maximum Gasteiger partial charge on any atom is 0.209 e. The summed E-state index contributed by atoms with van der Waals surface area (Å²) in [7, 11) is -3.64. The zero-order valence-electron chi connectivity index (χ0n) is 10.8. The predicted molar refractivity (Wildman–Crippen MR) is 68.2 cm³/mol. The van der Waals surface area contributed by atoms with E-state index >= 15 is 0 Å². The van der Waals surface area contributed by atoms with Gasteiger partial charge in [0.05, 0.1) is 12.4 Å². The molecule has 0 aliphatic heterocycles. The van der Waals surface area contributed by atoms with Gasteiger partial charge < -0.3 is 4.74 Å². The van der Waals surface area contributed by atoms with E-state index in [1.54, 1.807) is 13.8 Å². The Hall–Kier alpha value is -1.21.